The van der Waals surface area contributed by atoms with Crippen LogP contribution in [0.1, 0.15) is 64.7 Å². The van der Waals surface area contributed by atoms with E-state index in [2.05, 4.69) is 24.8 Å². The first kappa shape index (κ1) is 19.5. The zero-order valence-corrected chi connectivity index (χ0v) is 13.8. The Labute approximate surface area is 130 Å². The van der Waals surface area contributed by atoms with Gasteiger partial charge in [0.2, 0.25) is 0 Å². The lowest BCUT2D eigenvalue weighted by Gasteiger charge is -1.98. The summed E-state index contributed by atoms with van der Waals surface area (Å²) in [5.74, 6) is 0.658. The lowest BCUT2D eigenvalue weighted by atomic mass is 10.1. The molecule has 0 aliphatic carbocycles. The fourth-order valence-electron chi connectivity index (χ4n) is 1.84. The number of ether oxygens (including phenoxy) is 1. The number of hydrogen-bond donors (Lipinski definition) is 0. The first-order valence-corrected chi connectivity index (χ1v) is 8.63. The number of allylic oxidation sites excluding steroid dienone is 1. The molecule has 0 aliphatic heterocycles. The van der Waals surface area contributed by atoms with E-state index in [1.165, 1.54) is 44.9 Å². The van der Waals surface area contributed by atoms with Gasteiger partial charge in [-0.3, -0.25) is 0 Å². The summed E-state index contributed by atoms with van der Waals surface area (Å²) in [5.41, 5.74) is 3.05. The topological polar surface area (TPSA) is 9.23 Å². The van der Waals surface area contributed by atoms with Gasteiger partial charge in [0, 0.05) is 5.88 Å². The molecule has 0 unspecified atom stereocenters. The maximum atomic E-state index is 5.54. The fraction of sp³-hybridized carbons (Fsp3) is 0.722. The van der Waals surface area contributed by atoms with Crippen LogP contribution in [0.5, 0.6) is 0 Å². The average Bonchev–Trinajstić information content (AvgIpc) is 2.47. The summed E-state index contributed by atoms with van der Waals surface area (Å²) in [6.07, 6.45) is 19.7. The third kappa shape index (κ3) is 17.5. The zero-order valence-electron chi connectivity index (χ0n) is 13.1. The van der Waals surface area contributed by atoms with Gasteiger partial charge in [-0.1, -0.05) is 51.2 Å². The molecular weight excluding hydrogens is 268 g/mol. The van der Waals surface area contributed by atoms with Crippen molar-refractivity contribution in [2.75, 3.05) is 19.1 Å². The Morgan fingerprint density at radius 2 is 1.65 bits per heavy atom. The van der Waals surface area contributed by atoms with Gasteiger partial charge in [0.25, 0.3) is 0 Å². The number of halogens is 1. The minimum atomic E-state index is 0.643. The van der Waals surface area contributed by atoms with Gasteiger partial charge in [-0.05, 0) is 37.8 Å². The van der Waals surface area contributed by atoms with Crippen molar-refractivity contribution in [2.45, 2.75) is 64.7 Å². The molecule has 0 spiro atoms. The molecule has 0 aromatic heterocycles. The normalized spacial score (nSPS) is 10.7. The quantitative estimate of drug-likeness (QED) is 0.164. The molecule has 0 fully saturated rings. The minimum absolute atomic E-state index is 0.643. The Balaban J connectivity index is 3.18. The average molecular weight is 299 g/mol. The second-order valence-electron chi connectivity index (χ2n) is 4.94. The molecule has 0 aromatic carbocycles. The lowest BCUT2D eigenvalue weighted by molar-refractivity contribution is 0.167. The Morgan fingerprint density at radius 1 is 0.900 bits per heavy atom. The summed E-state index contributed by atoms with van der Waals surface area (Å²) in [6, 6.07) is 0. The molecule has 0 atom stereocenters. The van der Waals surface area contributed by atoms with Crippen LogP contribution in [-0.2, 0) is 4.74 Å². The number of unbranched alkanes of at least 4 members (excludes halogenated alkanes) is 6. The predicted octanol–water partition coefficient (Wildman–Crippen LogP) is 6.04. The van der Waals surface area contributed by atoms with Crippen LogP contribution in [-0.4, -0.2) is 19.1 Å². The first-order chi connectivity index (χ1) is 9.91. The minimum Gasteiger partial charge on any atom is -0.376 e. The second-order valence-corrected chi connectivity index (χ2v) is 5.32. The van der Waals surface area contributed by atoms with Gasteiger partial charge in [0.15, 0.2) is 0 Å². The van der Waals surface area contributed by atoms with Crippen molar-refractivity contribution in [2.24, 2.45) is 0 Å². The van der Waals surface area contributed by atoms with Crippen LogP contribution in [0, 0.1) is 0 Å². The van der Waals surface area contributed by atoms with Gasteiger partial charge >= 0.3 is 0 Å². The molecular formula is C18H31ClO. The van der Waals surface area contributed by atoms with E-state index in [9.17, 15) is 0 Å². The van der Waals surface area contributed by atoms with E-state index in [0.29, 0.717) is 12.5 Å². The Morgan fingerprint density at radius 3 is 2.45 bits per heavy atom. The molecule has 2 heteroatoms. The highest BCUT2D eigenvalue weighted by Crippen LogP contribution is 2.07. The molecule has 0 saturated heterocycles. The molecule has 0 amide bonds. The molecule has 0 N–H and O–H groups in total. The van der Waals surface area contributed by atoms with Crippen molar-refractivity contribution in [1.82, 2.24) is 0 Å². The summed E-state index contributed by atoms with van der Waals surface area (Å²) >= 11 is 5.54. The highest BCUT2D eigenvalue weighted by molar-refractivity contribution is 6.17. The van der Waals surface area contributed by atoms with E-state index in [4.69, 9.17) is 16.3 Å². The molecule has 0 rings (SSSR count). The molecule has 116 valence electrons. The highest BCUT2D eigenvalue weighted by Gasteiger charge is 1.88. The number of rotatable bonds is 14. The van der Waals surface area contributed by atoms with Crippen LogP contribution in [0.4, 0.5) is 0 Å². The van der Waals surface area contributed by atoms with E-state index < -0.39 is 0 Å². The SMILES string of the molecule is CCCCCCCC/C=C\CCOCC=C=CCCCl. The smallest absolute Gasteiger partial charge is 0.0721 e. The molecule has 20 heavy (non-hydrogen) atoms. The molecule has 0 aromatic rings. The van der Waals surface area contributed by atoms with Crippen molar-refractivity contribution >= 4 is 11.6 Å². The van der Waals surface area contributed by atoms with E-state index in [1.807, 2.05) is 12.2 Å². The summed E-state index contributed by atoms with van der Waals surface area (Å²) in [7, 11) is 0. The third-order valence-corrected chi connectivity index (χ3v) is 3.23. The van der Waals surface area contributed by atoms with E-state index in [1.54, 1.807) is 0 Å². The Hall–Kier alpha value is -0.490. The van der Waals surface area contributed by atoms with Crippen molar-refractivity contribution in [3.63, 3.8) is 0 Å². The number of hydrogen-bond acceptors (Lipinski definition) is 1. The summed E-state index contributed by atoms with van der Waals surface area (Å²) in [6.45, 7) is 3.70. The van der Waals surface area contributed by atoms with Crippen LogP contribution in [0.25, 0.3) is 0 Å². The third-order valence-electron chi connectivity index (χ3n) is 3.01. The molecule has 0 radical (unpaired) electrons. The van der Waals surface area contributed by atoms with Crippen LogP contribution in [0.3, 0.4) is 0 Å². The molecule has 0 bridgehead atoms. The largest absolute Gasteiger partial charge is 0.376 e. The molecule has 1 nitrogen and oxygen atoms in total. The van der Waals surface area contributed by atoms with Crippen molar-refractivity contribution in [3.8, 4) is 0 Å². The van der Waals surface area contributed by atoms with Crippen LogP contribution < -0.4 is 0 Å². The van der Waals surface area contributed by atoms with Gasteiger partial charge in [-0.2, -0.15) is 0 Å². The van der Waals surface area contributed by atoms with E-state index >= 15 is 0 Å². The summed E-state index contributed by atoms with van der Waals surface area (Å²) in [4.78, 5) is 0. The second kappa shape index (κ2) is 18.5. The standard InChI is InChI=1S/C18H31ClO/c1-2-3-4-5-6-7-8-9-11-14-17-20-18-15-12-10-13-16-19/h9-11,15H,2-8,13-14,16-18H2,1H3/b11-9-. The molecule has 0 heterocycles. The monoisotopic (exact) mass is 298 g/mol. The van der Waals surface area contributed by atoms with Crippen molar-refractivity contribution < 1.29 is 4.74 Å². The van der Waals surface area contributed by atoms with Gasteiger partial charge < -0.3 is 4.74 Å². The molecule has 0 saturated carbocycles. The summed E-state index contributed by atoms with van der Waals surface area (Å²) < 4.78 is 5.46. The molecule has 0 aliphatic rings. The van der Waals surface area contributed by atoms with Gasteiger partial charge in [0.05, 0.1) is 13.2 Å². The van der Waals surface area contributed by atoms with Crippen molar-refractivity contribution in [1.29, 1.82) is 0 Å². The van der Waals surface area contributed by atoms with Crippen LogP contribution in [0.15, 0.2) is 30.0 Å². The van der Waals surface area contributed by atoms with Crippen molar-refractivity contribution in [3.05, 3.63) is 30.0 Å². The number of alkyl halides is 1. The Bertz CT molecular complexity index is 265. The van der Waals surface area contributed by atoms with Gasteiger partial charge in [-0.25, -0.2) is 0 Å². The van der Waals surface area contributed by atoms with Gasteiger partial charge in [0.1, 0.15) is 0 Å². The summed E-state index contributed by atoms with van der Waals surface area (Å²) in [5, 5.41) is 0. The van der Waals surface area contributed by atoms with Crippen LogP contribution in [0.2, 0.25) is 0 Å². The zero-order chi connectivity index (χ0) is 14.7. The fourth-order valence-corrected chi connectivity index (χ4v) is 1.95. The van der Waals surface area contributed by atoms with E-state index in [-0.39, 0.29) is 0 Å². The maximum Gasteiger partial charge on any atom is 0.0721 e. The highest BCUT2D eigenvalue weighted by atomic mass is 35.5. The van der Waals surface area contributed by atoms with Gasteiger partial charge in [-0.15, -0.1) is 17.3 Å². The van der Waals surface area contributed by atoms with Crippen LogP contribution >= 0.6 is 11.6 Å². The predicted molar refractivity (Wildman–Crippen MR) is 90.6 cm³/mol. The first-order valence-electron chi connectivity index (χ1n) is 8.10. The Kier molecular flexibility index (Phi) is 18.1. The lowest BCUT2D eigenvalue weighted by Crippen LogP contribution is -1.91. The van der Waals surface area contributed by atoms with E-state index in [0.717, 1.165) is 19.4 Å². The maximum absolute atomic E-state index is 5.54.